The molecule has 0 radical (unpaired) electrons. The Morgan fingerprint density at radius 2 is 1.95 bits per heavy atom. The fraction of sp³-hybridized carbons (Fsp3) is 0.294. The van der Waals surface area contributed by atoms with E-state index in [4.69, 9.17) is 0 Å². The largest absolute Gasteiger partial charge is 0.508 e. The quantitative estimate of drug-likeness (QED) is 0.789. The maximum atomic E-state index is 9.60. The van der Waals surface area contributed by atoms with Gasteiger partial charge in [-0.15, -0.1) is 0 Å². The predicted octanol–water partition coefficient (Wildman–Crippen LogP) is 3.01. The van der Waals surface area contributed by atoms with Crippen LogP contribution in [-0.4, -0.2) is 32.6 Å². The van der Waals surface area contributed by atoms with Gasteiger partial charge in [-0.3, -0.25) is 4.40 Å². The highest BCUT2D eigenvalue weighted by atomic mass is 16.3. The fourth-order valence-corrected chi connectivity index (χ4v) is 3.19. The molecular formula is C17H18N4O. The number of aryl methyl sites for hydroxylation is 1. The molecule has 0 spiro atoms. The molecule has 1 aliphatic rings. The summed E-state index contributed by atoms with van der Waals surface area (Å²) in [6.07, 6.45) is 8.10. The van der Waals surface area contributed by atoms with E-state index < -0.39 is 0 Å². The lowest BCUT2D eigenvalue weighted by atomic mass is 10.1. The van der Waals surface area contributed by atoms with Crippen molar-refractivity contribution in [2.24, 2.45) is 0 Å². The molecule has 0 aliphatic carbocycles. The molecule has 22 heavy (non-hydrogen) atoms. The van der Waals surface area contributed by atoms with Crippen molar-refractivity contribution < 1.29 is 5.11 Å². The lowest BCUT2D eigenvalue weighted by molar-refractivity contribution is 0.475. The average Bonchev–Trinajstić information content (AvgIpc) is 3.16. The number of phenolic OH excluding ortho intramolecular Hbond substituents is 1. The average molecular weight is 294 g/mol. The molecule has 4 rings (SSSR count). The molecular weight excluding hydrogens is 276 g/mol. The van der Waals surface area contributed by atoms with E-state index in [2.05, 4.69) is 19.3 Å². The number of rotatable bonds is 2. The molecule has 0 unspecified atom stereocenters. The van der Waals surface area contributed by atoms with Crippen LogP contribution in [0.4, 0.5) is 5.82 Å². The summed E-state index contributed by atoms with van der Waals surface area (Å²) < 4.78 is 2.08. The summed E-state index contributed by atoms with van der Waals surface area (Å²) in [5, 5.41) is 9.60. The number of benzene rings is 1. The van der Waals surface area contributed by atoms with Gasteiger partial charge >= 0.3 is 0 Å². The molecule has 1 aromatic carbocycles. The molecule has 2 aromatic heterocycles. The third kappa shape index (κ3) is 2.01. The van der Waals surface area contributed by atoms with Crippen molar-refractivity contribution in [2.75, 3.05) is 18.0 Å². The van der Waals surface area contributed by atoms with Gasteiger partial charge in [0.1, 0.15) is 5.75 Å². The topological polar surface area (TPSA) is 53.7 Å². The summed E-state index contributed by atoms with van der Waals surface area (Å²) in [5.74, 6) is 1.25. The van der Waals surface area contributed by atoms with E-state index in [-0.39, 0.29) is 5.75 Å². The van der Waals surface area contributed by atoms with Crippen LogP contribution in [-0.2, 0) is 0 Å². The fourth-order valence-electron chi connectivity index (χ4n) is 3.19. The minimum atomic E-state index is 0.287. The molecule has 3 heterocycles. The summed E-state index contributed by atoms with van der Waals surface area (Å²) in [5.41, 5.74) is 4.02. The normalized spacial score (nSPS) is 14.9. The number of hydrogen-bond acceptors (Lipinski definition) is 4. The maximum Gasteiger partial charge on any atom is 0.180 e. The second kappa shape index (κ2) is 5.02. The van der Waals surface area contributed by atoms with Gasteiger partial charge in [0.25, 0.3) is 0 Å². The lowest BCUT2D eigenvalue weighted by Crippen LogP contribution is -2.19. The lowest BCUT2D eigenvalue weighted by Gasteiger charge is -2.16. The Balaban J connectivity index is 1.88. The number of aromatic hydroxyl groups is 1. The van der Waals surface area contributed by atoms with Crippen LogP contribution in [0.15, 0.2) is 36.8 Å². The number of hydrogen-bond donors (Lipinski definition) is 1. The molecule has 5 nitrogen and oxygen atoms in total. The van der Waals surface area contributed by atoms with E-state index in [0.717, 1.165) is 41.4 Å². The number of phenols is 1. The Morgan fingerprint density at radius 3 is 2.73 bits per heavy atom. The summed E-state index contributed by atoms with van der Waals surface area (Å²) in [4.78, 5) is 11.4. The van der Waals surface area contributed by atoms with Gasteiger partial charge in [-0.1, -0.05) is 0 Å². The number of nitrogens with zero attached hydrogens (tertiary/aromatic N) is 4. The summed E-state index contributed by atoms with van der Waals surface area (Å²) in [6, 6.07) is 5.42. The minimum Gasteiger partial charge on any atom is -0.508 e. The van der Waals surface area contributed by atoms with Gasteiger partial charge in [-0.25, -0.2) is 9.97 Å². The van der Waals surface area contributed by atoms with Gasteiger partial charge in [0.15, 0.2) is 11.5 Å². The van der Waals surface area contributed by atoms with Gasteiger partial charge in [0.2, 0.25) is 0 Å². The first kappa shape index (κ1) is 13.1. The Labute approximate surface area is 128 Å². The number of anilines is 1. The third-order valence-corrected chi connectivity index (χ3v) is 4.30. The Morgan fingerprint density at radius 1 is 1.14 bits per heavy atom. The molecule has 0 amide bonds. The molecule has 112 valence electrons. The van der Waals surface area contributed by atoms with Crippen molar-refractivity contribution in [1.29, 1.82) is 0 Å². The van der Waals surface area contributed by atoms with E-state index in [9.17, 15) is 5.11 Å². The highest BCUT2D eigenvalue weighted by Gasteiger charge is 2.19. The van der Waals surface area contributed by atoms with Crippen molar-refractivity contribution >= 4 is 11.5 Å². The van der Waals surface area contributed by atoms with Gasteiger partial charge in [-0.05, 0) is 43.5 Å². The highest BCUT2D eigenvalue weighted by Crippen LogP contribution is 2.30. The molecule has 1 saturated heterocycles. The second-order valence-electron chi connectivity index (χ2n) is 5.78. The van der Waals surface area contributed by atoms with E-state index in [1.807, 2.05) is 31.6 Å². The number of fused-ring (bicyclic) bond motifs is 1. The van der Waals surface area contributed by atoms with Crippen LogP contribution in [0.2, 0.25) is 0 Å². The molecule has 0 saturated carbocycles. The number of imidazole rings is 1. The molecule has 0 bridgehead atoms. The first-order valence-electron chi connectivity index (χ1n) is 7.61. The second-order valence-corrected chi connectivity index (χ2v) is 5.78. The standard InChI is InChI=1S/C17H18N4O/c1-12-10-13(22)4-5-14(12)15-11-19-17-16(18-6-9-21(15)17)20-7-2-3-8-20/h4-6,9-11,22H,2-3,7-8H2,1H3. The Kier molecular flexibility index (Phi) is 2.99. The van der Waals surface area contributed by atoms with E-state index in [1.165, 1.54) is 12.8 Å². The number of aromatic nitrogens is 3. The molecule has 1 aliphatic heterocycles. The van der Waals surface area contributed by atoms with Crippen LogP contribution in [0.3, 0.4) is 0 Å². The zero-order valence-corrected chi connectivity index (χ0v) is 12.5. The molecule has 1 N–H and O–H groups in total. The molecule has 5 heteroatoms. The SMILES string of the molecule is Cc1cc(O)ccc1-c1cnc2c(N3CCCC3)nccn12. The maximum absolute atomic E-state index is 9.60. The Hall–Kier alpha value is -2.56. The summed E-state index contributed by atoms with van der Waals surface area (Å²) in [6.45, 7) is 4.09. The summed E-state index contributed by atoms with van der Waals surface area (Å²) in [7, 11) is 0. The van der Waals surface area contributed by atoms with Gasteiger partial charge < -0.3 is 10.0 Å². The van der Waals surface area contributed by atoms with Gasteiger partial charge in [0, 0.05) is 31.0 Å². The monoisotopic (exact) mass is 294 g/mol. The van der Waals surface area contributed by atoms with Crippen LogP contribution in [0.5, 0.6) is 5.75 Å². The minimum absolute atomic E-state index is 0.287. The van der Waals surface area contributed by atoms with Crippen LogP contribution < -0.4 is 4.90 Å². The van der Waals surface area contributed by atoms with E-state index in [1.54, 1.807) is 12.1 Å². The highest BCUT2D eigenvalue weighted by molar-refractivity contribution is 5.73. The van der Waals surface area contributed by atoms with Crippen LogP contribution in [0.1, 0.15) is 18.4 Å². The molecule has 3 aromatic rings. The zero-order valence-electron chi connectivity index (χ0n) is 12.5. The predicted molar refractivity (Wildman–Crippen MR) is 86.3 cm³/mol. The van der Waals surface area contributed by atoms with Gasteiger partial charge in [-0.2, -0.15) is 0 Å². The van der Waals surface area contributed by atoms with Crippen molar-refractivity contribution in [3.05, 3.63) is 42.4 Å². The Bertz CT molecular complexity index is 834. The zero-order chi connectivity index (χ0) is 15.1. The van der Waals surface area contributed by atoms with Gasteiger partial charge in [0.05, 0.1) is 11.9 Å². The van der Waals surface area contributed by atoms with Crippen molar-refractivity contribution in [3.63, 3.8) is 0 Å². The molecule has 1 fully saturated rings. The first-order valence-corrected chi connectivity index (χ1v) is 7.61. The van der Waals surface area contributed by atoms with Crippen LogP contribution >= 0.6 is 0 Å². The van der Waals surface area contributed by atoms with Crippen molar-refractivity contribution in [3.8, 4) is 17.0 Å². The van der Waals surface area contributed by atoms with E-state index in [0.29, 0.717) is 0 Å². The molecule has 0 atom stereocenters. The van der Waals surface area contributed by atoms with Crippen LogP contribution in [0.25, 0.3) is 16.9 Å². The van der Waals surface area contributed by atoms with Crippen molar-refractivity contribution in [1.82, 2.24) is 14.4 Å². The van der Waals surface area contributed by atoms with Crippen molar-refractivity contribution in [2.45, 2.75) is 19.8 Å². The summed E-state index contributed by atoms with van der Waals surface area (Å²) >= 11 is 0. The third-order valence-electron chi connectivity index (χ3n) is 4.30. The van der Waals surface area contributed by atoms with E-state index >= 15 is 0 Å². The van der Waals surface area contributed by atoms with Crippen LogP contribution in [0, 0.1) is 6.92 Å². The smallest absolute Gasteiger partial charge is 0.180 e. The first-order chi connectivity index (χ1) is 10.7.